The molecule has 5 aromatic carbocycles. The third-order valence-electron chi connectivity index (χ3n) is 8.18. The summed E-state index contributed by atoms with van der Waals surface area (Å²) < 4.78 is 204. The molecule has 334 valence electrons. The van der Waals surface area contributed by atoms with Crippen molar-refractivity contribution in [3.63, 3.8) is 0 Å². The molecule has 0 amide bonds. The van der Waals surface area contributed by atoms with Crippen molar-refractivity contribution in [2.45, 2.75) is 29.4 Å². The number of halogens is 1. The molecule has 11 N–H and O–H groups in total. The van der Waals surface area contributed by atoms with E-state index in [9.17, 15) is 82.9 Å². The molecule has 1 heterocycles. The fourth-order valence-electron chi connectivity index (χ4n) is 5.65. The van der Waals surface area contributed by atoms with Crippen LogP contribution < -0.4 is 16.4 Å². The minimum Gasteiger partial charge on any atom is -0.507 e. The number of aromatic nitrogens is 3. The molecule has 27 nitrogen and oxygen atoms in total. The molecule has 6 rings (SSSR count). The number of nitrogens with one attached hydrogen (secondary N) is 2. The van der Waals surface area contributed by atoms with E-state index in [4.69, 9.17) is 17.3 Å². The molecule has 34 heteroatoms. The van der Waals surface area contributed by atoms with Crippen molar-refractivity contribution < 1.29 is 82.9 Å². The highest BCUT2D eigenvalue weighted by atomic mass is 35.5. The van der Waals surface area contributed by atoms with Crippen molar-refractivity contribution in [1.82, 2.24) is 15.0 Å². The van der Waals surface area contributed by atoms with Gasteiger partial charge in [0.25, 0.3) is 60.7 Å². The van der Waals surface area contributed by atoms with Crippen molar-refractivity contribution >= 4 is 134 Å². The number of phenolic OH excluding ortho intramolecular Hbond substituents is 1. The zero-order chi connectivity index (χ0) is 47.0. The predicted molar refractivity (Wildman–Crippen MR) is 215 cm³/mol. The largest absolute Gasteiger partial charge is 0.507 e. The van der Waals surface area contributed by atoms with Gasteiger partial charge in [-0.05, 0) is 71.6 Å². The number of hydrogen-bond donors (Lipinski definition) is 10. The number of benzene rings is 5. The Balaban J connectivity index is 1.41. The molecule has 0 aliphatic carbocycles. The third kappa shape index (κ3) is 10.0. The van der Waals surface area contributed by atoms with Gasteiger partial charge in [-0.1, -0.05) is 0 Å². The van der Waals surface area contributed by atoms with E-state index in [1.165, 1.54) is 0 Å². The fraction of sp³-hybridized carbons (Fsp3) is 0. The standard InChI is InChI=1S/C29H21ClN8O19S6/c30-27-34-28(36-29(35-27)33-13-5-16-17(20(7-13)60(46,47)48)8-15(59(43,44)45)10-21(16)61(49,50)51)32-12-1-2-18(22(6-12)62(52,53)54)37-38-26-24-11(4-23(25(26)31)63(55,56)57)3-14(9-19(24)39)58(40,41)42/h1-10,39H,31H2,(H,40,41,42)(H,43,44,45)(H,46,47,48)(H,49,50,51)(H,52,53,54)(H,55,56,57)(H2,32,33,34,35,36). The molecule has 0 aliphatic heterocycles. The molecule has 0 aliphatic rings. The molecule has 0 saturated heterocycles. The molecule has 0 atom stereocenters. The Morgan fingerprint density at radius 3 is 1.56 bits per heavy atom. The summed E-state index contributed by atoms with van der Waals surface area (Å²) in [5.41, 5.74) is 2.84. The van der Waals surface area contributed by atoms with Gasteiger partial charge in [-0.3, -0.25) is 27.3 Å². The number of aromatic hydroxyl groups is 1. The van der Waals surface area contributed by atoms with E-state index in [2.05, 4.69) is 35.8 Å². The number of fused-ring (bicyclic) bond motifs is 2. The summed E-state index contributed by atoms with van der Waals surface area (Å²) in [5.74, 6) is -2.06. The lowest BCUT2D eigenvalue weighted by Crippen LogP contribution is -2.08. The number of nitrogens with two attached hydrogens (primary N) is 1. The van der Waals surface area contributed by atoms with Crippen molar-refractivity contribution in [1.29, 1.82) is 0 Å². The van der Waals surface area contributed by atoms with Gasteiger partial charge in [-0.2, -0.15) is 65.5 Å². The lowest BCUT2D eigenvalue weighted by molar-refractivity contribution is 0.470. The van der Waals surface area contributed by atoms with Crippen LogP contribution >= 0.6 is 11.6 Å². The summed E-state index contributed by atoms with van der Waals surface area (Å²) in [6.07, 6.45) is 0. The van der Waals surface area contributed by atoms with Crippen molar-refractivity contribution in [2.24, 2.45) is 10.2 Å². The SMILES string of the molecule is Nc1c(S(=O)(=O)O)cc2cc(S(=O)(=O)O)cc(O)c2c1N=Nc1ccc(Nc2nc(Cl)nc(Nc3cc(S(=O)(=O)O)c4cc(S(=O)(=O)O)cc(S(=O)(=O)O)c4c3)n2)cc1S(=O)(=O)O. The van der Waals surface area contributed by atoms with Gasteiger partial charge in [0.15, 0.2) is 0 Å². The number of nitrogen functional groups attached to an aromatic ring is 1. The molecular formula is C29H21ClN8O19S6. The Morgan fingerprint density at radius 2 is 1.02 bits per heavy atom. The normalized spacial score (nSPS) is 13.2. The maximum Gasteiger partial charge on any atom is 0.296 e. The second-order valence-corrected chi connectivity index (χ2v) is 21.1. The van der Waals surface area contributed by atoms with Crippen LogP contribution in [0.1, 0.15) is 0 Å². The maximum atomic E-state index is 12.5. The van der Waals surface area contributed by atoms with Gasteiger partial charge < -0.3 is 21.5 Å². The van der Waals surface area contributed by atoms with Crippen LogP contribution in [-0.4, -0.2) is 97.9 Å². The number of hydrogen-bond acceptors (Lipinski definition) is 21. The first kappa shape index (κ1) is 46.7. The second kappa shape index (κ2) is 15.8. The van der Waals surface area contributed by atoms with Crippen molar-refractivity contribution in [2.75, 3.05) is 16.4 Å². The number of phenols is 1. The van der Waals surface area contributed by atoms with Crippen LogP contribution in [0.15, 0.2) is 100 Å². The predicted octanol–water partition coefficient (Wildman–Crippen LogP) is 3.50. The Labute approximate surface area is 357 Å². The molecule has 0 unspecified atom stereocenters. The van der Waals surface area contributed by atoms with Gasteiger partial charge in [-0.15, -0.1) is 10.2 Å². The average Bonchev–Trinajstić information content (AvgIpc) is 3.11. The van der Waals surface area contributed by atoms with Crippen LogP contribution in [0.4, 0.5) is 40.3 Å². The van der Waals surface area contributed by atoms with Gasteiger partial charge in [-0.25, -0.2) is 0 Å². The molecule has 0 radical (unpaired) electrons. The fourth-order valence-corrected chi connectivity index (χ4v) is 9.70. The smallest absolute Gasteiger partial charge is 0.296 e. The van der Waals surface area contributed by atoms with E-state index in [1.807, 2.05) is 0 Å². The highest BCUT2D eigenvalue weighted by molar-refractivity contribution is 7.87. The average molecular weight is 1010 g/mol. The topological polar surface area (TPSA) is 460 Å². The lowest BCUT2D eigenvalue weighted by atomic mass is 10.1. The Bertz CT molecular complexity index is 3730. The second-order valence-electron chi connectivity index (χ2n) is 12.4. The van der Waals surface area contributed by atoms with Crippen molar-refractivity contribution in [3.05, 3.63) is 65.9 Å². The first-order chi connectivity index (χ1) is 28.7. The number of anilines is 5. The highest BCUT2D eigenvalue weighted by Crippen LogP contribution is 2.44. The van der Waals surface area contributed by atoms with E-state index in [-0.39, 0.29) is 5.69 Å². The van der Waals surface area contributed by atoms with Gasteiger partial charge in [0.2, 0.25) is 17.2 Å². The van der Waals surface area contributed by atoms with Gasteiger partial charge in [0.1, 0.15) is 36.7 Å². The van der Waals surface area contributed by atoms with Crippen LogP contribution in [0.5, 0.6) is 5.75 Å². The summed E-state index contributed by atoms with van der Waals surface area (Å²) in [6, 6.07) is 6.80. The van der Waals surface area contributed by atoms with E-state index in [0.717, 1.165) is 24.3 Å². The summed E-state index contributed by atoms with van der Waals surface area (Å²) >= 11 is 6.03. The third-order valence-corrected chi connectivity index (χ3v) is 13.6. The minimum atomic E-state index is -5.37. The van der Waals surface area contributed by atoms with Gasteiger partial charge >= 0.3 is 0 Å². The molecule has 0 bridgehead atoms. The summed E-state index contributed by atoms with van der Waals surface area (Å²) in [4.78, 5) is 4.95. The molecule has 1 aromatic heterocycles. The minimum absolute atomic E-state index is 0.268. The van der Waals surface area contributed by atoms with E-state index in [0.29, 0.717) is 36.4 Å². The quantitative estimate of drug-likeness (QED) is 0.0476. The number of nitrogens with zero attached hydrogens (tertiary/aromatic N) is 5. The van der Waals surface area contributed by atoms with E-state index in [1.54, 1.807) is 0 Å². The van der Waals surface area contributed by atoms with Crippen LogP contribution in [-0.2, 0) is 60.7 Å². The first-order valence-corrected chi connectivity index (χ1v) is 24.8. The van der Waals surface area contributed by atoms with E-state index >= 15 is 0 Å². The molecule has 63 heavy (non-hydrogen) atoms. The molecule has 0 saturated carbocycles. The molecule has 0 fully saturated rings. The summed E-state index contributed by atoms with van der Waals surface area (Å²) in [6.45, 7) is 0. The van der Waals surface area contributed by atoms with Crippen LogP contribution in [0.2, 0.25) is 5.28 Å². The Hall–Kier alpha value is -5.82. The van der Waals surface area contributed by atoms with E-state index < -0.39 is 157 Å². The Morgan fingerprint density at radius 1 is 0.524 bits per heavy atom. The molecular weight excluding hydrogens is 992 g/mol. The zero-order valence-corrected chi connectivity index (χ0v) is 35.6. The summed E-state index contributed by atoms with van der Waals surface area (Å²) in [5, 5.41) is 19.9. The highest BCUT2D eigenvalue weighted by Gasteiger charge is 2.27. The lowest BCUT2D eigenvalue weighted by Gasteiger charge is -2.14. The maximum absolute atomic E-state index is 12.5. The van der Waals surface area contributed by atoms with Crippen LogP contribution in [0.25, 0.3) is 21.5 Å². The van der Waals surface area contributed by atoms with Crippen molar-refractivity contribution in [3.8, 4) is 5.75 Å². The summed E-state index contributed by atoms with van der Waals surface area (Å²) in [7, 11) is -31.4. The van der Waals surface area contributed by atoms with Gasteiger partial charge in [0, 0.05) is 28.2 Å². The van der Waals surface area contributed by atoms with Gasteiger partial charge in [0.05, 0.1) is 20.9 Å². The van der Waals surface area contributed by atoms with Crippen LogP contribution in [0, 0.1) is 0 Å². The number of azo groups is 1. The molecule has 0 spiro atoms. The Kier molecular flexibility index (Phi) is 11.7. The zero-order valence-electron chi connectivity index (χ0n) is 29.9. The van der Waals surface area contributed by atoms with Crippen LogP contribution in [0.3, 0.4) is 0 Å². The number of rotatable bonds is 12. The monoisotopic (exact) mass is 1010 g/mol. The molecule has 6 aromatic rings. The first-order valence-electron chi connectivity index (χ1n) is 15.8.